The average molecular weight is 385 g/mol. The summed E-state index contributed by atoms with van der Waals surface area (Å²) in [5, 5.41) is 3.28. The maximum Gasteiger partial charge on any atom is 0.410 e. The van der Waals surface area contributed by atoms with E-state index in [1.807, 2.05) is 0 Å². The third kappa shape index (κ3) is 2.99. The first-order chi connectivity index (χ1) is 13.5. The largest absolute Gasteiger partial charge is 0.446 e. The molecule has 2 amide bonds. The van der Waals surface area contributed by atoms with Crippen molar-refractivity contribution in [2.75, 3.05) is 18.4 Å². The highest BCUT2D eigenvalue weighted by atomic mass is 16.6. The topological polar surface area (TPSA) is 110 Å². The summed E-state index contributed by atoms with van der Waals surface area (Å²) in [6.07, 6.45) is 8.53. The summed E-state index contributed by atoms with van der Waals surface area (Å²) in [5.74, 6) is 1.54. The molecular formula is C20H27N5O3. The number of anilines is 1. The van der Waals surface area contributed by atoms with E-state index in [9.17, 15) is 9.59 Å². The van der Waals surface area contributed by atoms with E-state index in [4.69, 9.17) is 10.5 Å². The minimum absolute atomic E-state index is 0.0685. The Labute approximate surface area is 164 Å². The first-order valence-electron chi connectivity index (χ1n) is 10.3. The lowest BCUT2D eigenvalue weighted by Crippen LogP contribution is -2.59. The molecule has 8 heteroatoms. The van der Waals surface area contributed by atoms with Gasteiger partial charge in [-0.05, 0) is 62.3 Å². The normalized spacial score (nSPS) is 38.4. The van der Waals surface area contributed by atoms with Crippen molar-refractivity contribution in [3.8, 4) is 0 Å². The quantitative estimate of drug-likeness (QED) is 0.817. The van der Waals surface area contributed by atoms with Crippen LogP contribution in [0.3, 0.4) is 0 Å². The number of aromatic nitrogens is 2. The van der Waals surface area contributed by atoms with E-state index in [2.05, 4.69) is 15.3 Å². The smallest absolute Gasteiger partial charge is 0.410 e. The highest BCUT2D eigenvalue weighted by Gasteiger charge is 2.59. The van der Waals surface area contributed by atoms with Gasteiger partial charge >= 0.3 is 6.09 Å². The summed E-state index contributed by atoms with van der Waals surface area (Å²) in [6, 6.07) is 1.91. The molecule has 5 aliphatic rings. The number of carbonyl (C=O) groups is 2. The Hall–Kier alpha value is -2.38. The molecule has 2 heterocycles. The molecule has 0 spiro atoms. The van der Waals surface area contributed by atoms with Crippen LogP contribution in [-0.4, -0.2) is 52.1 Å². The summed E-state index contributed by atoms with van der Waals surface area (Å²) < 4.78 is 6.01. The maximum atomic E-state index is 12.8. The predicted molar refractivity (Wildman–Crippen MR) is 101 cm³/mol. The molecular weight excluding hydrogens is 358 g/mol. The van der Waals surface area contributed by atoms with Crippen LogP contribution in [0, 0.1) is 23.2 Å². The van der Waals surface area contributed by atoms with Gasteiger partial charge in [-0.3, -0.25) is 4.79 Å². The monoisotopic (exact) mass is 385 g/mol. The molecule has 1 aromatic heterocycles. The van der Waals surface area contributed by atoms with Gasteiger partial charge < -0.3 is 20.7 Å². The Bertz CT molecular complexity index is 756. The SMILES string of the molecule is NC(=O)C12CC3CC(C1)C(OC(=O)N1CC[C@@H](Nc4ncccn4)C1)C(C3)C2. The van der Waals surface area contributed by atoms with Crippen molar-refractivity contribution in [2.45, 2.75) is 50.7 Å². The summed E-state index contributed by atoms with van der Waals surface area (Å²) in [4.78, 5) is 35.0. The third-order valence-corrected chi connectivity index (χ3v) is 7.29. The van der Waals surface area contributed by atoms with Crippen molar-refractivity contribution in [3.05, 3.63) is 18.5 Å². The van der Waals surface area contributed by atoms with Gasteiger partial charge in [0.25, 0.3) is 0 Å². The standard InChI is InChI=1S/C20H27N5O3/c21-17(26)20-8-12-6-13(9-20)16(14(7-12)10-20)28-19(27)25-5-2-15(11-25)24-18-22-3-1-4-23-18/h1,3-4,12-16H,2,5-11H2,(H2,21,26)(H,22,23,24)/t12?,13?,14?,15-,16?,20?/m1/s1. The highest BCUT2D eigenvalue weighted by Crippen LogP contribution is 2.60. The van der Waals surface area contributed by atoms with Gasteiger partial charge in [-0.2, -0.15) is 0 Å². The summed E-state index contributed by atoms with van der Waals surface area (Å²) in [7, 11) is 0. The lowest BCUT2D eigenvalue weighted by Gasteiger charge is -2.58. The first-order valence-corrected chi connectivity index (χ1v) is 10.3. The number of nitrogens with two attached hydrogens (primary N) is 1. The van der Waals surface area contributed by atoms with E-state index in [1.165, 1.54) is 0 Å². The number of hydrogen-bond donors (Lipinski definition) is 2. The van der Waals surface area contributed by atoms with E-state index >= 15 is 0 Å². The molecule has 4 bridgehead atoms. The molecule has 1 aromatic rings. The minimum atomic E-state index is -0.349. The molecule has 0 radical (unpaired) electrons. The fourth-order valence-corrected chi connectivity index (χ4v) is 6.26. The van der Waals surface area contributed by atoms with Crippen LogP contribution < -0.4 is 11.1 Å². The molecule has 3 N–H and O–H groups in total. The lowest BCUT2D eigenvalue weighted by atomic mass is 9.48. The summed E-state index contributed by atoms with van der Waals surface area (Å²) in [6.45, 7) is 1.26. The molecule has 6 rings (SSSR count). The van der Waals surface area contributed by atoms with Crippen LogP contribution >= 0.6 is 0 Å². The summed E-state index contributed by atoms with van der Waals surface area (Å²) >= 11 is 0. The number of amides is 2. The van der Waals surface area contributed by atoms with Crippen LogP contribution in [0.4, 0.5) is 10.7 Å². The number of rotatable bonds is 4. The van der Waals surface area contributed by atoms with Gasteiger partial charge in [-0.25, -0.2) is 14.8 Å². The number of hydrogen-bond acceptors (Lipinski definition) is 6. The van der Waals surface area contributed by atoms with Crippen molar-refractivity contribution >= 4 is 17.9 Å². The predicted octanol–water partition coefficient (Wildman–Crippen LogP) is 1.78. The Morgan fingerprint density at radius 2 is 1.89 bits per heavy atom. The Morgan fingerprint density at radius 1 is 1.18 bits per heavy atom. The number of nitrogens with zero attached hydrogens (tertiary/aromatic N) is 3. The summed E-state index contributed by atoms with van der Waals surface area (Å²) in [5.41, 5.74) is 5.39. The van der Waals surface area contributed by atoms with E-state index in [-0.39, 0.29) is 41.4 Å². The van der Waals surface area contributed by atoms with Crippen LogP contribution in [0.25, 0.3) is 0 Å². The van der Waals surface area contributed by atoms with Crippen LogP contribution in [0.2, 0.25) is 0 Å². The number of nitrogens with one attached hydrogen (secondary N) is 1. The second-order valence-electron chi connectivity index (χ2n) is 9.11. The minimum Gasteiger partial charge on any atom is -0.446 e. The van der Waals surface area contributed by atoms with Gasteiger partial charge in [0.2, 0.25) is 11.9 Å². The van der Waals surface area contributed by atoms with Gasteiger partial charge in [-0.15, -0.1) is 0 Å². The van der Waals surface area contributed by atoms with Crippen molar-refractivity contribution in [1.29, 1.82) is 0 Å². The highest BCUT2D eigenvalue weighted by molar-refractivity contribution is 5.81. The van der Waals surface area contributed by atoms with Crippen molar-refractivity contribution in [2.24, 2.45) is 28.9 Å². The van der Waals surface area contributed by atoms with Crippen molar-refractivity contribution in [1.82, 2.24) is 14.9 Å². The van der Waals surface area contributed by atoms with E-state index in [0.717, 1.165) is 38.5 Å². The van der Waals surface area contributed by atoms with Crippen LogP contribution in [0.15, 0.2) is 18.5 Å². The van der Waals surface area contributed by atoms with Crippen molar-refractivity contribution in [3.63, 3.8) is 0 Å². The molecule has 1 saturated heterocycles. The van der Waals surface area contributed by atoms with Gasteiger partial charge in [0.1, 0.15) is 6.10 Å². The van der Waals surface area contributed by atoms with Crippen LogP contribution in [0.5, 0.6) is 0 Å². The number of primary amides is 1. The molecule has 4 aliphatic carbocycles. The fraction of sp³-hybridized carbons (Fsp3) is 0.700. The molecule has 4 saturated carbocycles. The molecule has 0 aromatic carbocycles. The molecule has 28 heavy (non-hydrogen) atoms. The van der Waals surface area contributed by atoms with Gasteiger partial charge in [0, 0.05) is 31.5 Å². The number of ether oxygens (including phenoxy) is 1. The molecule has 5 fully saturated rings. The Kier molecular flexibility index (Phi) is 4.17. The zero-order valence-corrected chi connectivity index (χ0v) is 15.9. The van der Waals surface area contributed by atoms with Crippen molar-refractivity contribution < 1.29 is 14.3 Å². The molecule has 150 valence electrons. The van der Waals surface area contributed by atoms with E-state index in [0.29, 0.717) is 25.0 Å². The van der Waals surface area contributed by atoms with Gasteiger partial charge in [-0.1, -0.05) is 0 Å². The third-order valence-electron chi connectivity index (χ3n) is 7.29. The molecule has 3 atom stereocenters. The molecule has 2 unspecified atom stereocenters. The zero-order valence-electron chi connectivity index (χ0n) is 15.9. The van der Waals surface area contributed by atoms with Crippen LogP contribution in [0.1, 0.15) is 38.5 Å². The maximum absolute atomic E-state index is 12.8. The van der Waals surface area contributed by atoms with E-state index < -0.39 is 0 Å². The Morgan fingerprint density at radius 3 is 2.57 bits per heavy atom. The number of likely N-dealkylation sites (tertiary alicyclic amines) is 1. The Balaban J connectivity index is 1.20. The zero-order chi connectivity index (χ0) is 19.3. The van der Waals surface area contributed by atoms with Gasteiger partial charge in [0.15, 0.2) is 0 Å². The van der Waals surface area contributed by atoms with Crippen LogP contribution in [-0.2, 0) is 9.53 Å². The molecule has 1 aliphatic heterocycles. The fourth-order valence-electron chi connectivity index (χ4n) is 6.26. The lowest BCUT2D eigenvalue weighted by molar-refractivity contribution is -0.161. The average Bonchev–Trinajstić information content (AvgIpc) is 3.13. The second-order valence-corrected chi connectivity index (χ2v) is 9.11. The second kappa shape index (κ2) is 6.60. The molecule has 8 nitrogen and oxygen atoms in total. The number of carbonyl (C=O) groups excluding carboxylic acids is 2. The first kappa shape index (κ1) is 17.7. The van der Waals surface area contributed by atoms with Gasteiger partial charge in [0.05, 0.1) is 5.41 Å². The van der Waals surface area contributed by atoms with E-state index in [1.54, 1.807) is 23.4 Å².